The van der Waals surface area contributed by atoms with Gasteiger partial charge in [-0.05, 0) is 46.1 Å². The summed E-state index contributed by atoms with van der Waals surface area (Å²) in [6.45, 7) is 0. The average Bonchev–Trinajstić information content (AvgIpc) is 2.72. The van der Waals surface area contributed by atoms with Crippen LogP contribution in [0.1, 0.15) is 16.5 Å². The Labute approximate surface area is 110 Å². The van der Waals surface area contributed by atoms with Gasteiger partial charge in [0.05, 0.1) is 3.79 Å². The van der Waals surface area contributed by atoms with Crippen LogP contribution in [-0.2, 0) is 6.42 Å². The van der Waals surface area contributed by atoms with Gasteiger partial charge in [-0.1, -0.05) is 12.1 Å². The lowest BCUT2D eigenvalue weighted by molar-refractivity contribution is 0.494. The Kier molecular flexibility index (Phi) is 3.91. The van der Waals surface area contributed by atoms with Gasteiger partial charge in [0.25, 0.3) is 0 Å². The van der Waals surface area contributed by atoms with E-state index in [4.69, 9.17) is 5.73 Å². The highest BCUT2D eigenvalue weighted by Gasteiger charge is 2.14. The molecule has 5 heteroatoms. The molecule has 0 fully saturated rings. The molecule has 1 aromatic heterocycles. The van der Waals surface area contributed by atoms with Crippen LogP contribution in [0.25, 0.3) is 0 Å². The van der Waals surface area contributed by atoms with Crippen LogP contribution in [0, 0.1) is 11.6 Å². The van der Waals surface area contributed by atoms with E-state index in [-0.39, 0.29) is 12.5 Å². The van der Waals surface area contributed by atoms with Gasteiger partial charge in [-0.3, -0.25) is 0 Å². The molecule has 2 N–H and O–H groups in total. The molecule has 0 aliphatic rings. The van der Waals surface area contributed by atoms with Crippen LogP contribution in [0.5, 0.6) is 0 Å². The second kappa shape index (κ2) is 5.25. The van der Waals surface area contributed by atoms with E-state index in [9.17, 15) is 8.78 Å². The van der Waals surface area contributed by atoms with Crippen LogP contribution in [-0.4, -0.2) is 0 Å². The zero-order valence-electron chi connectivity index (χ0n) is 8.79. The summed E-state index contributed by atoms with van der Waals surface area (Å²) in [7, 11) is 0. The fourth-order valence-electron chi connectivity index (χ4n) is 1.57. The monoisotopic (exact) mass is 317 g/mol. The molecule has 0 spiro atoms. The molecular formula is C12H10BrF2NS. The van der Waals surface area contributed by atoms with E-state index in [1.54, 1.807) is 6.07 Å². The van der Waals surface area contributed by atoms with Crippen LogP contribution in [0.4, 0.5) is 8.78 Å². The highest BCUT2D eigenvalue weighted by molar-refractivity contribution is 9.11. The molecule has 1 heterocycles. The summed E-state index contributed by atoms with van der Waals surface area (Å²) < 4.78 is 27.4. The van der Waals surface area contributed by atoms with Crippen LogP contribution < -0.4 is 5.73 Å². The smallest absolute Gasteiger partial charge is 0.162 e. The standard InChI is InChI=1S/C12H10BrF2NS/c13-11-5-4-10(17-11)9(16)6-7-2-1-3-8(14)12(7)15/h1-5,9H,6,16H2. The van der Waals surface area contributed by atoms with Gasteiger partial charge in [-0.25, -0.2) is 8.78 Å². The molecule has 1 unspecified atom stereocenters. The minimum absolute atomic E-state index is 0.288. The molecule has 0 saturated heterocycles. The summed E-state index contributed by atoms with van der Waals surface area (Å²) in [6.07, 6.45) is 0.288. The molecule has 1 aromatic carbocycles. The van der Waals surface area contributed by atoms with Gasteiger partial charge < -0.3 is 5.73 Å². The van der Waals surface area contributed by atoms with E-state index < -0.39 is 11.6 Å². The largest absolute Gasteiger partial charge is 0.323 e. The molecule has 1 nitrogen and oxygen atoms in total. The van der Waals surface area contributed by atoms with Crippen LogP contribution in [0.3, 0.4) is 0 Å². The molecule has 0 aliphatic carbocycles. The van der Waals surface area contributed by atoms with E-state index in [0.29, 0.717) is 5.56 Å². The Morgan fingerprint density at radius 3 is 2.65 bits per heavy atom. The number of rotatable bonds is 3. The molecule has 1 atom stereocenters. The lowest BCUT2D eigenvalue weighted by Gasteiger charge is -2.10. The zero-order valence-corrected chi connectivity index (χ0v) is 11.2. The lowest BCUT2D eigenvalue weighted by Crippen LogP contribution is -2.13. The second-order valence-corrected chi connectivity index (χ2v) is 6.16. The summed E-state index contributed by atoms with van der Waals surface area (Å²) in [6, 6.07) is 7.61. The van der Waals surface area contributed by atoms with Crippen molar-refractivity contribution in [3.63, 3.8) is 0 Å². The Balaban J connectivity index is 2.18. The van der Waals surface area contributed by atoms with E-state index in [1.165, 1.54) is 17.4 Å². The SMILES string of the molecule is NC(Cc1cccc(F)c1F)c1ccc(Br)s1. The van der Waals surface area contributed by atoms with Crippen LogP contribution in [0.15, 0.2) is 34.1 Å². The van der Waals surface area contributed by atoms with Crippen molar-refractivity contribution in [3.8, 4) is 0 Å². The third-order valence-electron chi connectivity index (χ3n) is 2.43. The Hall–Kier alpha value is -0.780. The van der Waals surface area contributed by atoms with E-state index in [2.05, 4.69) is 15.9 Å². The number of nitrogens with two attached hydrogens (primary N) is 1. The number of hydrogen-bond donors (Lipinski definition) is 1. The average molecular weight is 318 g/mol. The Bertz CT molecular complexity index is 527. The van der Waals surface area contributed by atoms with Gasteiger partial charge in [0.15, 0.2) is 11.6 Å². The van der Waals surface area contributed by atoms with Crippen molar-refractivity contribution in [3.05, 3.63) is 56.2 Å². The molecule has 0 radical (unpaired) electrons. The van der Waals surface area contributed by atoms with Crippen molar-refractivity contribution in [2.45, 2.75) is 12.5 Å². The predicted octanol–water partition coefficient (Wildman–Crippen LogP) is 4.03. The van der Waals surface area contributed by atoms with Gasteiger partial charge in [-0.2, -0.15) is 0 Å². The fourth-order valence-corrected chi connectivity index (χ4v) is 3.00. The summed E-state index contributed by atoms with van der Waals surface area (Å²) >= 11 is 4.84. The summed E-state index contributed by atoms with van der Waals surface area (Å²) in [5.74, 6) is -1.64. The molecule has 0 aliphatic heterocycles. The van der Waals surface area contributed by atoms with Gasteiger partial charge in [-0.15, -0.1) is 11.3 Å². The van der Waals surface area contributed by atoms with Crippen molar-refractivity contribution >= 4 is 27.3 Å². The van der Waals surface area contributed by atoms with Crippen LogP contribution >= 0.6 is 27.3 Å². The minimum Gasteiger partial charge on any atom is -0.323 e. The Morgan fingerprint density at radius 2 is 2.00 bits per heavy atom. The fraction of sp³-hybridized carbons (Fsp3) is 0.167. The number of benzene rings is 1. The highest BCUT2D eigenvalue weighted by Crippen LogP contribution is 2.28. The van der Waals surface area contributed by atoms with E-state index in [0.717, 1.165) is 14.7 Å². The summed E-state index contributed by atoms with van der Waals surface area (Å²) in [5, 5.41) is 0. The Morgan fingerprint density at radius 1 is 1.24 bits per heavy atom. The van der Waals surface area contributed by atoms with Gasteiger partial charge in [0, 0.05) is 10.9 Å². The summed E-state index contributed by atoms with van der Waals surface area (Å²) in [5.41, 5.74) is 6.27. The third kappa shape index (κ3) is 2.91. The molecule has 17 heavy (non-hydrogen) atoms. The second-order valence-electron chi connectivity index (χ2n) is 3.67. The van der Waals surface area contributed by atoms with Gasteiger partial charge in [0.1, 0.15) is 0 Å². The first-order chi connectivity index (χ1) is 8.08. The predicted molar refractivity (Wildman–Crippen MR) is 69.0 cm³/mol. The van der Waals surface area contributed by atoms with Gasteiger partial charge in [0.2, 0.25) is 0 Å². The van der Waals surface area contributed by atoms with Crippen molar-refractivity contribution in [2.75, 3.05) is 0 Å². The maximum absolute atomic E-state index is 13.4. The topological polar surface area (TPSA) is 26.0 Å². The quantitative estimate of drug-likeness (QED) is 0.908. The lowest BCUT2D eigenvalue weighted by atomic mass is 10.0. The van der Waals surface area contributed by atoms with Crippen LogP contribution in [0.2, 0.25) is 0 Å². The number of hydrogen-bond acceptors (Lipinski definition) is 2. The first-order valence-corrected chi connectivity index (χ1v) is 6.62. The number of halogens is 3. The maximum Gasteiger partial charge on any atom is 0.162 e. The maximum atomic E-state index is 13.4. The molecule has 90 valence electrons. The molecule has 0 amide bonds. The molecule has 0 saturated carbocycles. The van der Waals surface area contributed by atoms with Gasteiger partial charge >= 0.3 is 0 Å². The summed E-state index contributed by atoms with van der Waals surface area (Å²) in [4.78, 5) is 0.945. The van der Waals surface area contributed by atoms with Crippen molar-refractivity contribution < 1.29 is 8.78 Å². The third-order valence-corrected chi connectivity index (χ3v) is 4.19. The van der Waals surface area contributed by atoms with E-state index >= 15 is 0 Å². The number of thiophene rings is 1. The van der Waals surface area contributed by atoms with E-state index in [1.807, 2.05) is 12.1 Å². The normalized spacial score (nSPS) is 12.7. The van der Waals surface area contributed by atoms with Crippen molar-refractivity contribution in [1.82, 2.24) is 0 Å². The zero-order chi connectivity index (χ0) is 12.4. The molecular weight excluding hydrogens is 308 g/mol. The molecule has 2 aromatic rings. The first kappa shape index (κ1) is 12.7. The first-order valence-electron chi connectivity index (χ1n) is 5.01. The highest BCUT2D eigenvalue weighted by atomic mass is 79.9. The molecule has 2 rings (SSSR count). The van der Waals surface area contributed by atoms with Crippen molar-refractivity contribution in [2.24, 2.45) is 5.73 Å². The minimum atomic E-state index is -0.831. The van der Waals surface area contributed by atoms with Crippen molar-refractivity contribution in [1.29, 1.82) is 0 Å². The molecule has 0 bridgehead atoms.